The van der Waals surface area contributed by atoms with Gasteiger partial charge < -0.3 is 15.5 Å². The molecular formula is C23H19Cl2N3O3. The van der Waals surface area contributed by atoms with Crippen LogP contribution in [0.15, 0.2) is 84.0 Å². The van der Waals surface area contributed by atoms with Gasteiger partial charge in [0.1, 0.15) is 6.61 Å². The van der Waals surface area contributed by atoms with Crippen LogP contribution >= 0.6 is 23.2 Å². The van der Waals surface area contributed by atoms with Crippen molar-refractivity contribution < 1.29 is 14.4 Å². The predicted molar refractivity (Wildman–Crippen MR) is 123 cm³/mol. The maximum Gasteiger partial charge on any atom is 0.242 e. The molecule has 0 bridgehead atoms. The highest BCUT2D eigenvalue weighted by Crippen LogP contribution is 2.21. The molecule has 0 radical (unpaired) electrons. The summed E-state index contributed by atoms with van der Waals surface area (Å²) in [6.07, 6.45) is 1.15. The van der Waals surface area contributed by atoms with E-state index in [0.29, 0.717) is 27.0 Å². The number of hydrogen-bond donors (Lipinski definition) is 2. The van der Waals surface area contributed by atoms with E-state index in [0.717, 1.165) is 6.21 Å². The fourth-order valence-electron chi connectivity index (χ4n) is 2.59. The number of nitrogens with one attached hydrogen (secondary N) is 2. The van der Waals surface area contributed by atoms with Crippen LogP contribution in [0.5, 0.6) is 0 Å². The second-order valence-electron chi connectivity index (χ2n) is 6.45. The topological polar surface area (TPSA) is 79.8 Å². The Morgan fingerprint density at radius 3 is 1.94 bits per heavy atom. The van der Waals surface area contributed by atoms with Crippen LogP contribution in [-0.2, 0) is 21.0 Å². The van der Waals surface area contributed by atoms with Crippen LogP contribution in [0.25, 0.3) is 0 Å². The number of para-hydroxylation sites is 2. The maximum atomic E-state index is 12.7. The first-order valence-corrected chi connectivity index (χ1v) is 10.1. The average Bonchev–Trinajstić information content (AvgIpc) is 2.76. The third kappa shape index (κ3) is 6.84. The summed E-state index contributed by atoms with van der Waals surface area (Å²) in [6, 6.07) is 22.6. The first-order chi connectivity index (χ1) is 15.0. The second-order valence-corrected chi connectivity index (χ2v) is 7.30. The van der Waals surface area contributed by atoms with Crippen molar-refractivity contribution in [3.05, 3.63) is 94.5 Å². The number of rotatable bonds is 8. The lowest BCUT2D eigenvalue weighted by molar-refractivity contribution is -0.126. The van der Waals surface area contributed by atoms with E-state index >= 15 is 0 Å². The summed E-state index contributed by atoms with van der Waals surface area (Å²) in [5.74, 6) is -2.31. The third-order valence-corrected chi connectivity index (χ3v) is 4.75. The standard InChI is InChI=1S/C23H19Cl2N3O3/c24-17-12-11-16(21(25)13-17)15-31-26-14-20(22(29)27-18-7-3-1-4-8-18)23(30)28-19-9-5-2-6-10-19/h1-14,20H,15H2,(H,27,29)(H,28,30)/b26-14-. The van der Waals surface area contributed by atoms with Crippen LogP contribution < -0.4 is 10.6 Å². The third-order valence-electron chi connectivity index (χ3n) is 4.17. The molecule has 2 amide bonds. The zero-order valence-electron chi connectivity index (χ0n) is 16.3. The van der Waals surface area contributed by atoms with Gasteiger partial charge in [-0.2, -0.15) is 0 Å². The fourth-order valence-corrected chi connectivity index (χ4v) is 3.05. The summed E-state index contributed by atoms with van der Waals surface area (Å²) < 4.78 is 0. The zero-order chi connectivity index (χ0) is 22.1. The van der Waals surface area contributed by atoms with E-state index in [2.05, 4.69) is 15.8 Å². The normalized spacial score (nSPS) is 10.8. The monoisotopic (exact) mass is 455 g/mol. The van der Waals surface area contributed by atoms with Crippen molar-refractivity contribution >= 4 is 52.6 Å². The molecule has 6 nitrogen and oxygen atoms in total. The number of oxime groups is 1. The van der Waals surface area contributed by atoms with Crippen molar-refractivity contribution in [2.45, 2.75) is 6.61 Å². The largest absolute Gasteiger partial charge is 0.391 e. The number of anilines is 2. The fraction of sp³-hybridized carbons (Fsp3) is 0.0870. The average molecular weight is 456 g/mol. The molecule has 3 rings (SSSR count). The predicted octanol–water partition coefficient (Wildman–Crippen LogP) is 5.39. The minimum absolute atomic E-state index is 0.0554. The molecule has 0 heterocycles. The number of carbonyl (C=O) groups excluding carboxylic acids is 2. The number of amides is 2. The van der Waals surface area contributed by atoms with Gasteiger partial charge in [-0.3, -0.25) is 9.59 Å². The molecule has 0 aliphatic carbocycles. The molecule has 31 heavy (non-hydrogen) atoms. The summed E-state index contributed by atoms with van der Waals surface area (Å²) >= 11 is 12.0. The van der Waals surface area contributed by atoms with Crippen molar-refractivity contribution in [1.82, 2.24) is 0 Å². The Kier molecular flexibility index (Phi) is 8.04. The van der Waals surface area contributed by atoms with Crippen molar-refractivity contribution in [3.63, 3.8) is 0 Å². The number of hydrogen-bond acceptors (Lipinski definition) is 4. The molecule has 2 N–H and O–H groups in total. The van der Waals surface area contributed by atoms with E-state index in [1.165, 1.54) is 0 Å². The van der Waals surface area contributed by atoms with E-state index in [4.69, 9.17) is 28.0 Å². The van der Waals surface area contributed by atoms with Gasteiger partial charge in [-0.25, -0.2) is 0 Å². The van der Waals surface area contributed by atoms with Crippen molar-refractivity contribution in [3.8, 4) is 0 Å². The molecule has 0 atom stereocenters. The van der Waals surface area contributed by atoms with Gasteiger partial charge in [0.05, 0.1) is 6.21 Å². The van der Waals surface area contributed by atoms with Gasteiger partial charge in [0.15, 0.2) is 5.92 Å². The molecule has 0 aromatic heterocycles. The molecule has 0 aliphatic rings. The Labute approximate surface area is 189 Å². The molecule has 158 valence electrons. The Morgan fingerprint density at radius 1 is 0.871 bits per heavy atom. The van der Waals surface area contributed by atoms with E-state index in [1.807, 2.05) is 12.1 Å². The summed E-state index contributed by atoms with van der Waals surface area (Å²) in [6.45, 7) is 0.0554. The van der Waals surface area contributed by atoms with Gasteiger partial charge in [0.2, 0.25) is 11.8 Å². The Morgan fingerprint density at radius 2 is 1.42 bits per heavy atom. The van der Waals surface area contributed by atoms with E-state index < -0.39 is 17.7 Å². The molecule has 0 saturated heterocycles. The number of nitrogens with zero attached hydrogens (tertiary/aromatic N) is 1. The second kappa shape index (κ2) is 11.2. The Hall–Kier alpha value is -3.35. The van der Waals surface area contributed by atoms with Crippen molar-refractivity contribution in [2.24, 2.45) is 11.1 Å². The Bertz CT molecular complexity index is 1010. The highest BCUT2D eigenvalue weighted by atomic mass is 35.5. The summed E-state index contributed by atoms with van der Waals surface area (Å²) in [7, 11) is 0. The van der Waals surface area contributed by atoms with E-state index in [-0.39, 0.29) is 6.61 Å². The minimum atomic E-state index is -1.22. The van der Waals surface area contributed by atoms with Crippen LogP contribution in [0.4, 0.5) is 11.4 Å². The molecule has 0 saturated carbocycles. The smallest absolute Gasteiger partial charge is 0.242 e. The van der Waals surface area contributed by atoms with Crippen LogP contribution in [0, 0.1) is 5.92 Å². The lowest BCUT2D eigenvalue weighted by Crippen LogP contribution is -2.35. The highest BCUT2D eigenvalue weighted by molar-refractivity contribution is 6.35. The number of halogens is 2. The molecule has 0 spiro atoms. The molecule has 0 unspecified atom stereocenters. The minimum Gasteiger partial charge on any atom is -0.391 e. The summed E-state index contributed by atoms with van der Waals surface area (Å²) in [5, 5.41) is 10.2. The quantitative estimate of drug-likeness (QED) is 0.271. The van der Waals surface area contributed by atoms with Crippen molar-refractivity contribution in [1.29, 1.82) is 0 Å². The van der Waals surface area contributed by atoms with Gasteiger partial charge in [0, 0.05) is 27.0 Å². The van der Waals surface area contributed by atoms with Crippen LogP contribution in [0.2, 0.25) is 10.0 Å². The van der Waals surface area contributed by atoms with Gasteiger partial charge in [-0.15, -0.1) is 0 Å². The molecule has 8 heteroatoms. The number of carbonyl (C=O) groups is 2. The van der Waals surface area contributed by atoms with Crippen LogP contribution in [0.1, 0.15) is 5.56 Å². The molecule has 3 aromatic rings. The molecule has 0 aliphatic heterocycles. The van der Waals surface area contributed by atoms with Gasteiger partial charge in [-0.05, 0) is 36.4 Å². The van der Waals surface area contributed by atoms with Gasteiger partial charge in [0.25, 0.3) is 0 Å². The van der Waals surface area contributed by atoms with Crippen molar-refractivity contribution in [2.75, 3.05) is 10.6 Å². The maximum absolute atomic E-state index is 12.7. The highest BCUT2D eigenvalue weighted by Gasteiger charge is 2.25. The first-order valence-electron chi connectivity index (χ1n) is 9.34. The summed E-state index contributed by atoms with van der Waals surface area (Å²) in [5.41, 5.74) is 1.79. The molecular weight excluding hydrogens is 437 g/mol. The lowest BCUT2D eigenvalue weighted by atomic mass is 10.1. The first kappa shape index (κ1) is 22.3. The SMILES string of the molecule is O=C(Nc1ccccc1)C(/C=N\OCc1ccc(Cl)cc1Cl)C(=O)Nc1ccccc1. The molecule has 3 aromatic carbocycles. The van der Waals surface area contributed by atoms with Gasteiger partial charge >= 0.3 is 0 Å². The van der Waals surface area contributed by atoms with Crippen LogP contribution in [0.3, 0.4) is 0 Å². The Balaban J connectivity index is 1.70. The summed E-state index contributed by atoms with van der Waals surface area (Å²) in [4.78, 5) is 30.7. The van der Waals surface area contributed by atoms with E-state index in [1.54, 1.807) is 66.7 Å². The zero-order valence-corrected chi connectivity index (χ0v) is 17.8. The van der Waals surface area contributed by atoms with E-state index in [9.17, 15) is 9.59 Å². The number of benzene rings is 3. The van der Waals surface area contributed by atoms with Gasteiger partial charge in [-0.1, -0.05) is 70.8 Å². The lowest BCUT2D eigenvalue weighted by Gasteiger charge is -2.13. The molecule has 0 fully saturated rings. The van der Waals surface area contributed by atoms with Crippen LogP contribution in [-0.4, -0.2) is 18.0 Å².